The van der Waals surface area contributed by atoms with Crippen molar-refractivity contribution >= 4 is 45.6 Å². The Morgan fingerprint density at radius 3 is 2.46 bits per heavy atom. The molecule has 0 spiro atoms. The Morgan fingerprint density at radius 2 is 1.79 bits per heavy atom. The summed E-state index contributed by atoms with van der Waals surface area (Å²) in [5, 5.41) is 5.08. The summed E-state index contributed by atoms with van der Waals surface area (Å²) in [5.41, 5.74) is 0.616. The molecule has 0 radical (unpaired) electrons. The SMILES string of the molecule is O=C(Nc1nc(-c2ccc(Cl)c(Cl)c2)cs1)c1c(F)cccc1F. The number of aromatic nitrogens is 1. The lowest BCUT2D eigenvalue weighted by Gasteiger charge is -2.04. The highest BCUT2D eigenvalue weighted by molar-refractivity contribution is 7.14. The Bertz CT molecular complexity index is 910. The van der Waals surface area contributed by atoms with E-state index in [1.165, 1.54) is 6.07 Å². The number of benzene rings is 2. The summed E-state index contributed by atoms with van der Waals surface area (Å²) in [5.74, 6) is -2.77. The highest BCUT2D eigenvalue weighted by Gasteiger charge is 2.18. The number of amides is 1. The summed E-state index contributed by atoms with van der Waals surface area (Å²) in [6.45, 7) is 0. The molecule has 8 heteroatoms. The van der Waals surface area contributed by atoms with Crippen LogP contribution in [0.2, 0.25) is 10.0 Å². The van der Waals surface area contributed by atoms with E-state index in [9.17, 15) is 13.6 Å². The molecule has 2 aromatic carbocycles. The van der Waals surface area contributed by atoms with Gasteiger partial charge in [0.25, 0.3) is 5.91 Å². The lowest BCUT2D eigenvalue weighted by molar-refractivity contribution is 0.101. The van der Waals surface area contributed by atoms with Gasteiger partial charge in [-0.1, -0.05) is 35.3 Å². The van der Waals surface area contributed by atoms with Crippen molar-refractivity contribution in [2.45, 2.75) is 0 Å². The highest BCUT2D eigenvalue weighted by Crippen LogP contribution is 2.30. The number of carbonyl (C=O) groups is 1. The molecule has 0 fully saturated rings. The van der Waals surface area contributed by atoms with Crippen LogP contribution in [0.5, 0.6) is 0 Å². The van der Waals surface area contributed by atoms with Gasteiger partial charge < -0.3 is 0 Å². The van der Waals surface area contributed by atoms with Gasteiger partial charge in [0.15, 0.2) is 5.13 Å². The van der Waals surface area contributed by atoms with Gasteiger partial charge in [0.05, 0.1) is 15.7 Å². The predicted molar refractivity (Wildman–Crippen MR) is 91.9 cm³/mol. The molecule has 0 bridgehead atoms. The molecule has 3 nitrogen and oxygen atoms in total. The van der Waals surface area contributed by atoms with Gasteiger partial charge in [0.1, 0.15) is 17.2 Å². The maximum absolute atomic E-state index is 13.6. The minimum atomic E-state index is -0.936. The lowest BCUT2D eigenvalue weighted by Crippen LogP contribution is -2.15. The van der Waals surface area contributed by atoms with Gasteiger partial charge in [-0.2, -0.15) is 0 Å². The molecule has 24 heavy (non-hydrogen) atoms. The topological polar surface area (TPSA) is 42.0 Å². The van der Waals surface area contributed by atoms with Crippen LogP contribution in [0.1, 0.15) is 10.4 Å². The number of hydrogen-bond acceptors (Lipinski definition) is 3. The van der Waals surface area contributed by atoms with Crippen molar-refractivity contribution in [3.8, 4) is 11.3 Å². The van der Waals surface area contributed by atoms with Crippen molar-refractivity contribution in [2.24, 2.45) is 0 Å². The number of halogens is 4. The van der Waals surface area contributed by atoms with E-state index in [0.717, 1.165) is 23.5 Å². The average molecular weight is 385 g/mol. The summed E-state index contributed by atoms with van der Waals surface area (Å²) < 4.78 is 27.2. The van der Waals surface area contributed by atoms with Crippen LogP contribution < -0.4 is 5.32 Å². The third-order valence-corrected chi connectivity index (χ3v) is 4.63. The fourth-order valence-electron chi connectivity index (χ4n) is 1.99. The van der Waals surface area contributed by atoms with Crippen LogP contribution in [-0.2, 0) is 0 Å². The van der Waals surface area contributed by atoms with Crippen LogP contribution in [0.25, 0.3) is 11.3 Å². The van der Waals surface area contributed by atoms with Gasteiger partial charge >= 0.3 is 0 Å². The summed E-state index contributed by atoms with van der Waals surface area (Å²) in [4.78, 5) is 16.3. The minimum Gasteiger partial charge on any atom is -0.298 e. The third kappa shape index (κ3) is 3.40. The molecule has 1 amide bonds. The molecule has 3 rings (SSSR count). The molecular weight excluding hydrogens is 377 g/mol. The molecular formula is C16H8Cl2F2N2OS. The molecule has 1 heterocycles. The van der Waals surface area contributed by atoms with Gasteiger partial charge in [-0.15, -0.1) is 11.3 Å². The van der Waals surface area contributed by atoms with Gasteiger partial charge in [-0.25, -0.2) is 13.8 Å². The highest BCUT2D eigenvalue weighted by atomic mass is 35.5. The van der Waals surface area contributed by atoms with Gasteiger partial charge in [-0.05, 0) is 24.3 Å². The average Bonchev–Trinajstić information content (AvgIpc) is 2.98. The minimum absolute atomic E-state index is 0.212. The Labute approximate surface area is 149 Å². The van der Waals surface area contributed by atoms with Crippen molar-refractivity contribution < 1.29 is 13.6 Å². The van der Waals surface area contributed by atoms with E-state index in [4.69, 9.17) is 23.2 Å². The number of nitrogens with zero attached hydrogens (tertiary/aromatic N) is 1. The first-order valence-electron chi connectivity index (χ1n) is 6.62. The second kappa shape index (κ2) is 6.84. The number of hydrogen-bond donors (Lipinski definition) is 1. The molecule has 1 aromatic heterocycles. The van der Waals surface area contributed by atoms with Gasteiger partial charge in [0.2, 0.25) is 0 Å². The summed E-state index contributed by atoms with van der Waals surface area (Å²) >= 11 is 12.9. The van der Waals surface area contributed by atoms with E-state index in [2.05, 4.69) is 10.3 Å². The Balaban J connectivity index is 1.83. The molecule has 0 aliphatic heterocycles. The van der Waals surface area contributed by atoms with Crippen molar-refractivity contribution in [3.63, 3.8) is 0 Å². The molecule has 1 N–H and O–H groups in total. The first kappa shape index (κ1) is 16.8. The van der Waals surface area contributed by atoms with Crippen LogP contribution in [0, 0.1) is 11.6 Å². The van der Waals surface area contributed by atoms with E-state index in [-0.39, 0.29) is 5.13 Å². The quantitative estimate of drug-likeness (QED) is 0.633. The van der Waals surface area contributed by atoms with Crippen LogP contribution in [0.3, 0.4) is 0 Å². The fourth-order valence-corrected chi connectivity index (χ4v) is 3.01. The maximum atomic E-state index is 13.6. The molecule has 0 saturated heterocycles. The number of rotatable bonds is 3. The van der Waals surface area contributed by atoms with Crippen LogP contribution in [-0.4, -0.2) is 10.9 Å². The lowest BCUT2D eigenvalue weighted by atomic mass is 10.2. The van der Waals surface area contributed by atoms with E-state index in [1.54, 1.807) is 23.6 Å². The van der Waals surface area contributed by atoms with Crippen LogP contribution >= 0.6 is 34.5 Å². The Hall–Kier alpha value is -2.02. The van der Waals surface area contributed by atoms with E-state index in [1.807, 2.05) is 0 Å². The molecule has 0 saturated carbocycles. The van der Waals surface area contributed by atoms with Crippen LogP contribution in [0.15, 0.2) is 41.8 Å². The van der Waals surface area contributed by atoms with Gasteiger partial charge in [-0.3, -0.25) is 10.1 Å². The smallest absolute Gasteiger partial charge is 0.263 e. The molecule has 3 aromatic rings. The maximum Gasteiger partial charge on any atom is 0.263 e. The van der Waals surface area contributed by atoms with Crippen molar-refractivity contribution in [1.82, 2.24) is 4.98 Å². The Kier molecular flexibility index (Phi) is 4.80. The number of carbonyl (C=O) groups excluding carboxylic acids is 1. The first-order valence-corrected chi connectivity index (χ1v) is 8.25. The number of thiazole rings is 1. The second-order valence-corrected chi connectivity index (χ2v) is 6.39. The molecule has 0 unspecified atom stereocenters. The van der Waals surface area contributed by atoms with Crippen molar-refractivity contribution in [2.75, 3.05) is 5.32 Å². The second-order valence-electron chi connectivity index (χ2n) is 4.72. The zero-order valence-corrected chi connectivity index (χ0v) is 14.1. The standard InChI is InChI=1S/C16H8Cl2F2N2OS/c17-9-5-4-8(6-10(9)18)13-7-24-16(21-13)22-15(23)14-11(19)2-1-3-12(14)20/h1-7H,(H,21,22,23). The Morgan fingerprint density at radius 1 is 1.08 bits per heavy atom. The predicted octanol–water partition coefficient (Wildman–Crippen LogP) is 5.65. The van der Waals surface area contributed by atoms with Gasteiger partial charge in [0, 0.05) is 10.9 Å². The van der Waals surface area contributed by atoms with E-state index >= 15 is 0 Å². The van der Waals surface area contributed by atoms with E-state index in [0.29, 0.717) is 21.3 Å². The number of anilines is 1. The fraction of sp³-hybridized carbons (Fsp3) is 0. The molecule has 122 valence electrons. The molecule has 0 atom stereocenters. The summed E-state index contributed by atoms with van der Waals surface area (Å²) in [7, 11) is 0. The largest absolute Gasteiger partial charge is 0.298 e. The normalized spacial score (nSPS) is 10.7. The van der Waals surface area contributed by atoms with Crippen molar-refractivity contribution in [3.05, 3.63) is 69.0 Å². The van der Waals surface area contributed by atoms with Crippen molar-refractivity contribution in [1.29, 1.82) is 0 Å². The van der Waals surface area contributed by atoms with E-state index < -0.39 is 23.1 Å². The zero-order valence-electron chi connectivity index (χ0n) is 11.8. The third-order valence-electron chi connectivity index (χ3n) is 3.13. The molecule has 0 aliphatic carbocycles. The first-order chi connectivity index (χ1) is 11.5. The molecule has 0 aliphatic rings. The zero-order chi connectivity index (χ0) is 17.3. The summed E-state index contributed by atoms with van der Waals surface area (Å²) in [6.07, 6.45) is 0. The number of nitrogens with one attached hydrogen (secondary N) is 1. The van der Waals surface area contributed by atoms with Crippen LogP contribution in [0.4, 0.5) is 13.9 Å². The monoisotopic (exact) mass is 384 g/mol. The summed E-state index contributed by atoms with van der Waals surface area (Å²) in [6, 6.07) is 8.22.